The van der Waals surface area contributed by atoms with Crippen molar-refractivity contribution in [2.24, 2.45) is 0 Å². The standard InChI is InChI=1S/C44H22N4S4/c1-5-13-33-21(9-1)37-25-17-30-42-39(23-11-3-6-14-34(23)50-42)27(46-30)19-32-44-40(24-12-4-8-16-36(24)52-44)28(48-32)20-31-43-38(22-10-2-7-15-35(22)51-43)26(47-31)18-29(45-25)41(37)49-33/h1-20,45-46H. The quantitative estimate of drug-likeness (QED) is 0.163. The van der Waals surface area contributed by atoms with Crippen LogP contribution in [0, 0.1) is 0 Å². The van der Waals surface area contributed by atoms with Crippen LogP contribution in [0.4, 0.5) is 0 Å². The fraction of sp³-hybridized carbons (Fsp3) is 0. The van der Waals surface area contributed by atoms with Crippen LogP contribution >= 0.6 is 45.3 Å². The number of benzene rings is 4. The lowest BCUT2D eigenvalue weighted by molar-refractivity contribution is 1.38. The summed E-state index contributed by atoms with van der Waals surface area (Å²) in [6.45, 7) is 0. The lowest BCUT2D eigenvalue weighted by atomic mass is 10.1. The molecule has 4 aromatic carbocycles. The summed E-state index contributed by atoms with van der Waals surface area (Å²) in [5, 5.41) is 7.51. The Kier molecular flexibility index (Phi) is 5.40. The van der Waals surface area contributed by atoms with Crippen LogP contribution in [0.15, 0.2) is 121 Å². The van der Waals surface area contributed by atoms with Crippen molar-refractivity contribution in [1.29, 1.82) is 0 Å². The third-order valence-corrected chi connectivity index (χ3v) is 15.3. The van der Waals surface area contributed by atoms with Gasteiger partial charge in [-0.3, -0.25) is 0 Å². The van der Waals surface area contributed by atoms with E-state index < -0.39 is 0 Å². The number of aromatic nitrogens is 4. The maximum atomic E-state index is 5.43. The smallest absolute Gasteiger partial charge is 0.0838 e. The molecule has 9 heterocycles. The molecule has 242 valence electrons. The summed E-state index contributed by atoms with van der Waals surface area (Å²) in [4.78, 5) is 21.1. The highest BCUT2D eigenvalue weighted by Gasteiger charge is 2.27. The Bertz CT molecular complexity index is 3550. The molecule has 2 N–H and O–H groups in total. The van der Waals surface area contributed by atoms with Gasteiger partial charge in [0, 0.05) is 62.2 Å². The molecule has 0 radical (unpaired) electrons. The molecule has 0 aliphatic carbocycles. The molecule has 4 nitrogen and oxygen atoms in total. The number of hydrogen-bond donors (Lipinski definition) is 2. The van der Waals surface area contributed by atoms with Crippen molar-refractivity contribution in [3.8, 4) is 43.7 Å². The molecule has 0 saturated carbocycles. The van der Waals surface area contributed by atoms with Crippen LogP contribution < -0.4 is 0 Å². The van der Waals surface area contributed by atoms with Gasteiger partial charge in [-0.05, 0) is 48.5 Å². The van der Waals surface area contributed by atoms with Gasteiger partial charge in [0.25, 0.3) is 0 Å². The van der Waals surface area contributed by atoms with Crippen molar-refractivity contribution in [3.05, 3.63) is 121 Å². The van der Waals surface area contributed by atoms with E-state index >= 15 is 0 Å². The Labute approximate surface area is 310 Å². The lowest BCUT2D eigenvalue weighted by Gasteiger charge is -1.95. The monoisotopic (exact) mass is 734 g/mol. The molecule has 8 heteroatoms. The molecule has 11 aromatic rings. The zero-order valence-corrected chi connectivity index (χ0v) is 30.3. The molecule has 2 aliphatic heterocycles. The Balaban J connectivity index is 1.27. The average molecular weight is 735 g/mol. The number of hydrogen-bond acceptors (Lipinski definition) is 6. The first-order chi connectivity index (χ1) is 25.7. The molecule has 0 fully saturated rings. The molecular formula is C44H22N4S4. The molecule has 0 unspecified atom stereocenters. The van der Waals surface area contributed by atoms with Crippen LogP contribution in [0.5, 0.6) is 0 Å². The van der Waals surface area contributed by atoms with Crippen molar-refractivity contribution < 1.29 is 0 Å². The molecule has 0 spiro atoms. The summed E-state index contributed by atoms with van der Waals surface area (Å²) < 4.78 is 7.61. The highest BCUT2D eigenvalue weighted by molar-refractivity contribution is 7.27. The highest BCUT2D eigenvalue weighted by Crippen LogP contribution is 2.52. The third kappa shape index (κ3) is 3.69. The number of fused-ring (bicyclic) bond motifs is 28. The largest absolute Gasteiger partial charge is 0.354 e. The van der Waals surface area contributed by atoms with Gasteiger partial charge in [0.05, 0.1) is 64.0 Å². The fourth-order valence-corrected chi connectivity index (χ4v) is 13.1. The van der Waals surface area contributed by atoms with E-state index in [2.05, 4.69) is 131 Å². The van der Waals surface area contributed by atoms with Crippen molar-refractivity contribution in [3.63, 3.8) is 0 Å². The van der Waals surface area contributed by atoms with Gasteiger partial charge in [0.15, 0.2) is 0 Å². The number of aromatic amines is 2. The molecule has 7 aromatic heterocycles. The van der Waals surface area contributed by atoms with Gasteiger partial charge in [-0.1, -0.05) is 72.8 Å². The Hall–Kier alpha value is -5.64. The molecule has 8 bridgehead atoms. The Morgan fingerprint density at radius 1 is 0.365 bits per heavy atom. The summed E-state index contributed by atoms with van der Waals surface area (Å²) in [6, 6.07) is 44.1. The van der Waals surface area contributed by atoms with Crippen molar-refractivity contribution in [2.75, 3.05) is 0 Å². The molecule has 0 amide bonds. The van der Waals surface area contributed by atoms with Crippen LogP contribution in [-0.2, 0) is 0 Å². The summed E-state index contributed by atoms with van der Waals surface area (Å²) in [7, 11) is 0. The van der Waals surface area contributed by atoms with Crippen LogP contribution in [-0.4, -0.2) is 19.9 Å². The number of nitrogens with zero attached hydrogens (tertiary/aromatic N) is 2. The van der Waals surface area contributed by atoms with E-state index in [1.165, 1.54) is 81.4 Å². The van der Waals surface area contributed by atoms with Gasteiger partial charge in [-0.2, -0.15) is 0 Å². The van der Waals surface area contributed by atoms with E-state index in [0.29, 0.717) is 0 Å². The summed E-state index contributed by atoms with van der Waals surface area (Å²) in [5.41, 5.74) is 10.7. The first-order valence-electron chi connectivity index (χ1n) is 17.1. The molecule has 0 atom stereocenters. The van der Waals surface area contributed by atoms with Gasteiger partial charge in [0.1, 0.15) is 0 Å². The van der Waals surface area contributed by atoms with Gasteiger partial charge in [-0.15, -0.1) is 45.3 Å². The van der Waals surface area contributed by atoms with Gasteiger partial charge < -0.3 is 9.97 Å². The predicted octanol–water partition coefficient (Wildman–Crippen LogP) is 14.1. The molecule has 52 heavy (non-hydrogen) atoms. The molecular weight excluding hydrogens is 713 g/mol. The van der Waals surface area contributed by atoms with E-state index in [1.54, 1.807) is 0 Å². The van der Waals surface area contributed by atoms with Crippen molar-refractivity contribution >= 4 is 128 Å². The van der Waals surface area contributed by atoms with Crippen LogP contribution in [0.25, 0.3) is 126 Å². The van der Waals surface area contributed by atoms with Crippen LogP contribution in [0.2, 0.25) is 0 Å². The number of rotatable bonds is 0. The highest BCUT2D eigenvalue weighted by atomic mass is 32.1. The van der Waals surface area contributed by atoms with Gasteiger partial charge in [0.2, 0.25) is 0 Å². The zero-order chi connectivity index (χ0) is 33.7. The van der Waals surface area contributed by atoms with Crippen molar-refractivity contribution in [1.82, 2.24) is 19.9 Å². The number of thiophene rings is 4. The van der Waals surface area contributed by atoms with E-state index in [4.69, 9.17) is 9.97 Å². The Morgan fingerprint density at radius 2 is 0.769 bits per heavy atom. The summed E-state index contributed by atoms with van der Waals surface area (Å²) in [5.74, 6) is 0. The van der Waals surface area contributed by atoms with E-state index in [-0.39, 0.29) is 0 Å². The number of H-pyrrole nitrogens is 2. The van der Waals surface area contributed by atoms with E-state index in [9.17, 15) is 0 Å². The lowest BCUT2D eigenvalue weighted by Crippen LogP contribution is -1.76. The minimum absolute atomic E-state index is 0.966. The fourth-order valence-electron chi connectivity index (χ4n) is 8.34. The van der Waals surface area contributed by atoms with Crippen molar-refractivity contribution in [2.45, 2.75) is 0 Å². The van der Waals surface area contributed by atoms with Crippen LogP contribution in [0.3, 0.4) is 0 Å². The number of nitrogens with one attached hydrogen (secondary N) is 2. The van der Waals surface area contributed by atoms with E-state index in [1.807, 2.05) is 45.3 Å². The van der Waals surface area contributed by atoms with E-state index in [0.717, 1.165) is 44.8 Å². The second kappa shape index (κ2) is 10.0. The average Bonchev–Trinajstić information content (AvgIpc) is 4.02. The predicted molar refractivity (Wildman–Crippen MR) is 226 cm³/mol. The summed E-state index contributed by atoms with van der Waals surface area (Å²) >= 11 is 7.35. The zero-order valence-electron chi connectivity index (χ0n) is 27.1. The maximum Gasteiger partial charge on any atom is 0.0838 e. The minimum Gasteiger partial charge on any atom is -0.354 e. The van der Waals surface area contributed by atoms with Gasteiger partial charge >= 0.3 is 0 Å². The third-order valence-electron chi connectivity index (χ3n) is 10.5. The molecule has 13 rings (SSSR count). The topological polar surface area (TPSA) is 57.4 Å². The summed E-state index contributed by atoms with van der Waals surface area (Å²) in [6.07, 6.45) is 0. The minimum atomic E-state index is 0.966. The second-order valence-electron chi connectivity index (χ2n) is 13.5. The molecule has 0 saturated heterocycles. The second-order valence-corrected chi connectivity index (χ2v) is 17.7. The first-order valence-corrected chi connectivity index (χ1v) is 20.4. The van der Waals surface area contributed by atoms with Crippen LogP contribution in [0.1, 0.15) is 0 Å². The SMILES string of the molecule is c1ccc2c3c(sc2c1)-c1cc2[nH]c(cc4[nH]c(cc5nc(cc-3n1)-c1sc3ccccc3c1-5)c1sc3ccccc3c41)c1sc3ccccc3c21. The molecule has 2 aliphatic rings. The Morgan fingerprint density at radius 3 is 1.33 bits per heavy atom. The normalized spacial score (nSPS) is 12.6. The maximum absolute atomic E-state index is 5.43. The first kappa shape index (κ1) is 28.0. The van der Waals surface area contributed by atoms with Gasteiger partial charge in [-0.25, -0.2) is 9.97 Å².